The Morgan fingerprint density at radius 3 is 1.87 bits per heavy atom. The lowest BCUT2D eigenvalue weighted by atomic mass is 10.2. The van der Waals surface area contributed by atoms with E-state index in [2.05, 4.69) is 35.2 Å². The summed E-state index contributed by atoms with van der Waals surface area (Å²) < 4.78 is 35.4. The lowest BCUT2D eigenvalue weighted by molar-refractivity contribution is 0.412. The zero-order valence-corrected chi connectivity index (χ0v) is 28.3. The number of hydrogen-bond donors (Lipinski definition) is 2. The molecule has 16 nitrogen and oxygen atoms in total. The highest BCUT2D eigenvalue weighted by Gasteiger charge is 2.20. The van der Waals surface area contributed by atoms with Gasteiger partial charge in [-0.1, -0.05) is 18.2 Å². The minimum Gasteiger partial charge on any atom is -0.495 e. The molecule has 0 amide bonds. The lowest BCUT2D eigenvalue weighted by Gasteiger charge is -2.11. The molecule has 0 radical (unpaired) electrons. The summed E-state index contributed by atoms with van der Waals surface area (Å²) in [6.07, 6.45) is 7.58. The van der Waals surface area contributed by atoms with Crippen molar-refractivity contribution in [1.82, 2.24) is 53.8 Å². The third-order valence-electron chi connectivity index (χ3n) is 8.14. The second kappa shape index (κ2) is 13.4. The Labute approximate surface area is 295 Å². The van der Waals surface area contributed by atoms with Gasteiger partial charge >= 0.3 is 11.4 Å². The van der Waals surface area contributed by atoms with Gasteiger partial charge in [0.2, 0.25) is 0 Å². The fraction of sp³-hybridized carbons (Fsp3) is 0.114. The van der Waals surface area contributed by atoms with Crippen LogP contribution < -0.4 is 27.2 Å². The summed E-state index contributed by atoms with van der Waals surface area (Å²) in [5.41, 5.74) is 0.830. The maximum atomic E-state index is 13.4. The summed E-state index contributed by atoms with van der Waals surface area (Å²) in [7, 11) is 1.42. The first-order valence-electron chi connectivity index (χ1n) is 15.7. The highest BCUT2D eigenvalue weighted by Crippen LogP contribution is 2.19. The Kier molecular flexibility index (Phi) is 8.62. The molecule has 0 aliphatic heterocycles. The van der Waals surface area contributed by atoms with Crippen LogP contribution in [0.25, 0.3) is 44.7 Å². The largest absolute Gasteiger partial charge is 0.495 e. The summed E-state index contributed by atoms with van der Waals surface area (Å²) in [5, 5.41) is 13.3. The summed E-state index contributed by atoms with van der Waals surface area (Å²) in [4.78, 5) is 65.2. The van der Waals surface area contributed by atoms with Crippen molar-refractivity contribution in [3.8, 4) is 28.5 Å². The minimum atomic E-state index is -1.09. The van der Waals surface area contributed by atoms with Crippen LogP contribution in [0, 0.1) is 32.4 Å². The van der Waals surface area contributed by atoms with Gasteiger partial charge in [-0.05, 0) is 38.5 Å². The molecule has 0 atom stereocenters. The summed E-state index contributed by atoms with van der Waals surface area (Å²) in [6, 6.07) is 12.5. The molecule has 0 fully saturated rings. The molecule has 8 rings (SSSR count). The highest BCUT2D eigenvalue weighted by molar-refractivity contribution is 5.80. The van der Waals surface area contributed by atoms with Crippen molar-refractivity contribution in [3.05, 3.63) is 150 Å². The number of H-pyrrole nitrogens is 2. The van der Waals surface area contributed by atoms with Crippen molar-refractivity contribution in [2.45, 2.75) is 20.8 Å². The first kappa shape index (κ1) is 34.1. The van der Waals surface area contributed by atoms with Gasteiger partial charge in [-0.25, -0.2) is 32.2 Å². The van der Waals surface area contributed by atoms with E-state index in [0.29, 0.717) is 22.8 Å². The monoisotopic (exact) mass is 719 g/mol. The molecule has 2 aromatic carbocycles. The molecule has 266 valence electrons. The molecule has 8 aromatic rings. The molecule has 18 heteroatoms. The molecular formula is C35H27F2N11O5. The Balaban J connectivity index is 0.000000165. The van der Waals surface area contributed by atoms with E-state index in [1.165, 1.54) is 38.7 Å². The molecule has 6 aromatic heterocycles. The highest BCUT2D eigenvalue weighted by atomic mass is 19.2. The number of aromatic nitrogens is 11. The second-order valence-electron chi connectivity index (χ2n) is 11.8. The van der Waals surface area contributed by atoms with Crippen LogP contribution in [0.15, 0.2) is 98.7 Å². The van der Waals surface area contributed by atoms with Crippen molar-refractivity contribution < 1.29 is 13.5 Å². The maximum absolute atomic E-state index is 13.4. The first-order valence-corrected chi connectivity index (χ1v) is 15.7. The smallest absolute Gasteiger partial charge is 0.333 e. The topological polar surface area (TPSA) is 193 Å². The molecule has 0 aliphatic carbocycles. The number of hydrogen-bond acceptors (Lipinski definition) is 10. The lowest BCUT2D eigenvalue weighted by Crippen LogP contribution is -2.37. The van der Waals surface area contributed by atoms with E-state index < -0.39 is 34.1 Å². The van der Waals surface area contributed by atoms with Crippen LogP contribution in [0.3, 0.4) is 0 Å². The van der Waals surface area contributed by atoms with Gasteiger partial charge in [-0.15, -0.1) is 15.0 Å². The Bertz CT molecular complexity index is 2920. The normalized spacial score (nSPS) is 11.1. The third-order valence-corrected chi connectivity index (χ3v) is 8.14. The van der Waals surface area contributed by atoms with Gasteiger partial charge in [-0.3, -0.25) is 19.6 Å². The van der Waals surface area contributed by atoms with Crippen LogP contribution >= 0.6 is 0 Å². The van der Waals surface area contributed by atoms with Crippen molar-refractivity contribution in [1.29, 1.82) is 0 Å². The van der Waals surface area contributed by atoms with E-state index >= 15 is 0 Å². The van der Waals surface area contributed by atoms with Crippen molar-refractivity contribution in [3.63, 3.8) is 0 Å². The molecule has 2 N–H and O–H groups in total. The number of nitrogens with one attached hydrogen (secondary N) is 2. The molecule has 0 unspecified atom stereocenters. The number of ether oxygens (including phenoxy) is 1. The number of rotatable bonds is 5. The van der Waals surface area contributed by atoms with Crippen LogP contribution in [0.4, 0.5) is 8.78 Å². The number of methoxy groups -OCH3 is 1. The zero-order valence-electron chi connectivity index (χ0n) is 28.3. The van der Waals surface area contributed by atoms with Gasteiger partial charge in [0, 0.05) is 41.2 Å². The maximum Gasteiger partial charge on any atom is 0.333 e. The van der Waals surface area contributed by atoms with Gasteiger partial charge in [0.25, 0.3) is 11.1 Å². The number of para-hydroxylation sites is 1. The average Bonchev–Trinajstić information content (AvgIpc) is 3.72. The van der Waals surface area contributed by atoms with Crippen LogP contribution in [0.2, 0.25) is 0 Å². The van der Waals surface area contributed by atoms with E-state index in [4.69, 9.17) is 4.74 Å². The Morgan fingerprint density at radius 2 is 1.25 bits per heavy atom. The van der Waals surface area contributed by atoms with Crippen LogP contribution in [0.1, 0.15) is 17.0 Å². The van der Waals surface area contributed by atoms with Crippen LogP contribution in [-0.4, -0.2) is 61.0 Å². The SMILES string of the molecule is COc1cncc(-n2c(=O)[nH]c(C)c(-n3nc4cc(F)c(F)cc4n3)c2=O)c1.Cc1cncc(-n2c(=O)[nH]c(C)c(-n3ncc4ccccc43)c2=O)c1. The van der Waals surface area contributed by atoms with Gasteiger partial charge in [0.1, 0.15) is 16.8 Å². The molecule has 53 heavy (non-hydrogen) atoms. The number of halogens is 2. The van der Waals surface area contributed by atoms with Crippen molar-refractivity contribution in [2.75, 3.05) is 7.11 Å². The Hall–Kier alpha value is -7.37. The molecule has 0 saturated heterocycles. The number of aryl methyl sites for hydroxylation is 3. The van der Waals surface area contributed by atoms with E-state index in [9.17, 15) is 28.0 Å². The standard InChI is InChI=1S/C18H15N5O2.C17H12F2N6O3/c1-11-7-14(10-19-8-11)22-17(24)16(12(2)21-18(22)25)23-15-6-4-3-5-13(15)9-20-23;1-8-15(25-22-13-4-11(18)12(19)5-14(13)23-25)16(26)24(17(27)21-8)9-3-10(28-2)7-20-6-9/h3-10H,1-2H3,(H,21,25);3-7H,1-2H3,(H,21,27). The van der Waals surface area contributed by atoms with Crippen LogP contribution in [0.5, 0.6) is 5.75 Å². The number of benzene rings is 2. The first-order chi connectivity index (χ1) is 25.4. The number of pyridine rings is 2. The average molecular weight is 720 g/mol. The molecular weight excluding hydrogens is 692 g/mol. The van der Waals surface area contributed by atoms with Gasteiger partial charge in [0.05, 0.1) is 48.8 Å². The molecule has 0 bridgehead atoms. The second-order valence-corrected chi connectivity index (χ2v) is 11.8. The summed E-state index contributed by atoms with van der Waals surface area (Å²) >= 11 is 0. The number of fused-ring (bicyclic) bond motifs is 2. The number of aromatic amines is 2. The quantitative estimate of drug-likeness (QED) is 0.267. The third kappa shape index (κ3) is 6.17. The minimum absolute atomic E-state index is 0.0542. The summed E-state index contributed by atoms with van der Waals surface area (Å²) in [6.45, 7) is 5.03. The molecule has 0 spiro atoms. The molecule has 0 aliphatic rings. The van der Waals surface area contributed by atoms with Crippen molar-refractivity contribution >= 4 is 21.9 Å². The van der Waals surface area contributed by atoms with E-state index in [1.54, 1.807) is 30.1 Å². The zero-order chi connectivity index (χ0) is 37.6. The summed E-state index contributed by atoms with van der Waals surface area (Å²) in [5.74, 6) is -1.82. The van der Waals surface area contributed by atoms with Crippen LogP contribution in [-0.2, 0) is 0 Å². The van der Waals surface area contributed by atoms with Gasteiger partial charge in [-0.2, -0.15) is 5.10 Å². The number of nitrogens with zero attached hydrogens (tertiary/aromatic N) is 9. The fourth-order valence-corrected chi connectivity index (χ4v) is 5.69. The van der Waals surface area contributed by atoms with E-state index in [1.807, 2.05) is 31.2 Å². The predicted molar refractivity (Wildman–Crippen MR) is 189 cm³/mol. The van der Waals surface area contributed by atoms with E-state index in [-0.39, 0.29) is 28.1 Å². The molecule has 6 heterocycles. The Morgan fingerprint density at radius 1 is 0.679 bits per heavy atom. The predicted octanol–water partition coefficient (Wildman–Crippen LogP) is 3.13. The van der Waals surface area contributed by atoms with Gasteiger partial charge in [0.15, 0.2) is 23.0 Å². The van der Waals surface area contributed by atoms with E-state index in [0.717, 1.165) is 42.5 Å². The fourth-order valence-electron chi connectivity index (χ4n) is 5.69. The van der Waals surface area contributed by atoms with Crippen molar-refractivity contribution in [2.24, 2.45) is 0 Å². The van der Waals surface area contributed by atoms with Gasteiger partial charge < -0.3 is 14.7 Å². The molecule has 0 saturated carbocycles.